The third-order valence-corrected chi connectivity index (χ3v) is 3.93. The van der Waals surface area contributed by atoms with Crippen molar-refractivity contribution in [3.63, 3.8) is 0 Å². The van der Waals surface area contributed by atoms with E-state index in [2.05, 4.69) is 28.3 Å². The highest BCUT2D eigenvalue weighted by Gasteiger charge is 2.11. The number of halogens is 1. The molecular weight excluding hydrogens is 272 g/mol. The van der Waals surface area contributed by atoms with Crippen LogP contribution in [0.5, 0.6) is 0 Å². The Morgan fingerprint density at radius 1 is 1.30 bits per heavy atom. The number of rotatable bonds is 7. The van der Waals surface area contributed by atoms with Crippen molar-refractivity contribution in [3.05, 3.63) is 29.0 Å². The van der Waals surface area contributed by atoms with Gasteiger partial charge in [0.2, 0.25) is 0 Å². The molecule has 0 unspecified atom stereocenters. The fraction of sp³-hybridized carbons (Fsp3) is 0.533. The molecule has 1 heterocycles. The molecule has 0 aliphatic carbocycles. The standard InChI is InChI=1S/C15H23ClN4/c1-3-19(4-2)9-10-20-14-11-12(16)5-6-13(14)18-15(20)7-8-17/h5-6,11H,3-4,7-10,17H2,1-2H3. The number of aromatic nitrogens is 2. The number of hydrogen-bond donors (Lipinski definition) is 1. The number of nitrogens with two attached hydrogens (primary N) is 1. The van der Waals surface area contributed by atoms with Crippen LogP contribution in [0.15, 0.2) is 18.2 Å². The quantitative estimate of drug-likeness (QED) is 0.853. The van der Waals surface area contributed by atoms with Gasteiger partial charge in [0.15, 0.2) is 0 Å². The minimum absolute atomic E-state index is 0.613. The topological polar surface area (TPSA) is 47.1 Å². The Hall–Kier alpha value is -1.10. The first-order valence-electron chi connectivity index (χ1n) is 7.26. The van der Waals surface area contributed by atoms with E-state index in [1.807, 2.05) is 18.2 Å². The first kappa shape index (κ1) is 15.3. The van der Waals surface area contributed by atoms with Crippen molar-refractivity contribution < 1.29 is 0 Å². The maximum atomic E-state index is 6.12. The van der Waals surface area contributed by atoms with Gasteiger partial charge < -0.3 is 15.2 Å². The van der Waals surface area contributed by atoms with Gasteiger partial charge in [-0.1, -0.05) is 25.4 Å². The average Bonchev–Trinajstić information content (AvgIpc) is 2.78. The second kappa shape index (κ2) is 7.07. The van der Waals surface area contributed by atoms with Gasteiger partial charge in [-0.2, -0.15) is 0 Å². The normalized spacial score (nSPS) is 11.7. The lowest BCUT2D eigenvalue weighted by Crippen LogP contribution is -2.27. The highest BCUT2D eigenvalue weighted by atomic mass is 35.5. The Balaban J connectivity index is 2.32. The molecule has 0 amide bonds. The maximum Gasteiger partial charge on any atom is 0.111 e. The van der Waals surface area contributed by atoms with E-state index in [1.54, 1.807) is 0 Å². The van der Waals surface area contributed by atoms with Crippen LogP contribution in [0.1, 0.15) is 19.7 Å². The molecule has 1 aromatic carbocycles. The Morgan fingerprint density at radius 2 is 2.05 bits per heavy atom. The predicted octanol–water partition coefficient (Wildman–Crippen LogP) is 2.53. The summed E-state index contributed by atoms with van der Waals surface area (Å²) in [6.07, 6.45) is 0.796. The molecule has 2 aromatic rings. The molecule has 5 heteroatoms. The van der Waals surface area contributed by atoms with Crippen molar-refractivity contribution in [1.82, 2.24) is 14.5 Å². The van der Waals surface area contributed by atoms with Crippen molar-refractivity contribution in [2.24, 2.45) is 5.73 Å². The van der Waals surface area contributed by atoms with Gasteiger partial charge in [0, 0.05) is 24.5 Å². The van der Waals surface area contributed by atoms with Crippen molar-refractivity contribution in [2.45, 2.75) is 26.8 Å². The number of fused-ring (bicyclic) bond motifs is 1. The fourth-order valence-corrected chi connectivity index (χ4v) is 2.66. The van der Waals surface area contributed by atoms with Crippen molar-refractivity contribution in [3.8, 4) is 0 Å². The molecule has 0 aliphatic heterocycles. The molecule has 4 nitrogen and oxygen atoms in total. The van der Waals surface area contributed by atoms with Crippen LogP contribution < -0.4 is 5.73 Å². The third-order valence-electron chi connectivity index (χ3n) is 3.69. The van der Waals surface area contributed by atoms with Gasteiger partial charge in [-0.3, -0.25) is 0 Å². The Kier molecular flexibility index (Phi) is 5.40. The van der Waals surface area contributed by atoms with E-state index in [0.717, 1.165) is 54.5 Å². The van der Waals surface area contributed by atoms with E-state index in [9.17, 15) is 0 Å². The van der Waals surface area contributed by atoms with Crippen LogP contribution in [0.25, 0.3) is 11.0 Å². The molecule has 20 heavy (non-hydrogen) atoms. The molecule has 0 radical (unpaired) electrons. The van der Waals surface area contributed by atoms with Crippen LogP contribution in [0.4, 0.5) is 0 Å². The van der Waals surface area contributed by atoms with Gasteiger partial charge >= 0.3 is 0 Å². The molecule has 0 fully saturated rings. The third kappa shape index (κ3) is 3.32. The van der Waals surface area contributed by atoms with E-state index >= 15 is 0 Å². The van der Waals surface area contributed by atoms with Crippen LogP contribution in [-0.2, 0) is 13.0 Å². The SMILES string of the molecule is CCN(CC)CCn1c(CCN)nc2ccc(Cl)cc21. The second-order valence-corrected chi connectivity index (χ2v) is 5.31. The van der Waals surface area contributed by atoms with E-state index in [0.29, 0.717) is 6.54 Å². The monoisotopic (exact) mass is 294 g/mol. The minimum Gasteiger partial charge on any atom is -0.330 e. The summed E-state index contributed by atoms with van der Waals surface area (Å²) < 4.78 is 2.26. The van der Waals surface area contributed by atoms with Crippen molar-refractivity contribution in [2.75, 3.05) is 26.2 Å². The predicted molar refractivity (Wildman–Crippen MR) is 85.3 cm³/mol. The summed E-state index contributed by atoms with van der Waals surface area (Å²) in [7, 11) is 0. The summed E-state index contributed by atoms with van der Waals surface area (Å²) in [5.74, 6) is 1.05. The number of benzene rings is 1. The Bertz CT molecular complexity index is 560. The largest absolute Gasteiger partial charge is 0.330 e. The molecule has 0 saturated carbocycles. The van der Waals surface area contributed by atoms with Crippen molar-refractivity contribution >= 4 is 22.6 Å². The first-order chi connectivity index (χ1) is 9.69. The van der Waals surface area contributed by atoms with E-state index in [-0.39, 0.29) is 0 Å². The van der Waals surface area contributed by atoms with Gasteiger partial charge in [-0.25, -0.2) is 4.98 Å². The molecule has 1 aromatic heterocycles. The lowest BCUT2D eigenvalue weighted by molar-refractivity contribution is 0.290. The zero-order chi connectivity index (χ0) is 14.5. The Morgan fingerprint density at radius 3 is 2.70 bits per heavy atom. The van der Waals surface area contributed by atoms with Crippen LogP contribution >= 0.6 is 11.6 Å². The number of imidazole rings is 1. The second-order valence-electron chi connectivity index (χ2n) is 4.88. The average molecular weight is 295 g/mol. The molecule has 0 atom stereocenters. The number of hydrogen-bond acceptors (Lipinski definition) is 3. The van der Waals surface area contributed by atoms with E-state index in [1.165, 1.54) is 0 Å². The summed E-state index contributed by atoms with van der Waals surface area (Å²) >= 11 is 6.12. The van der Waals surface area contributed by atoms with Gasteiger partial charge in [0.25, 0.3) is 0 Å². The molecular formula is C15H23ClN4. The van der Waals surface area contributed by atoms with E-state index in [4.69, 9.17) is 17.3 Å². The van der Waals surface area contributed by atoms with Gasteiger partial charge in [0.1, 0.15) is 5.82 Å². The minimum atomic E-state index is 0.613. The smallest absolute Gasteiger partial charge is 0.111 e. The van der Waals surface area contributed by atoms with Gasteiger partial charge in [-0.15, -0.1) is 0 Å². The highest BCUT2D eigenvalue weighted by Crippen LogP contribution is 2.21. The molecule has 110 valence electrons. The molecule has 2 rings (SSSR count). The summed E-state index contributed by atoms with van der Waals surface area (Å²) in [5.41, 5.74) is 7.80. The summed E-state index contributed by atoms with van der Waals surface area (Å²) in [6, 6.07) is 5.86. The zero-order valence-electron chi connectivity index (χ0n) is 12.3. The Labute approximate surface area is 125 Å². The van der Waals surface area contributed by atoms with Gasteiger partial charge in [0.05, 0.1) is 11.0 Å². The summed E-state index contributed by atoms with van der Waals surface area (Å²) in [5, 5.41) is 0.751. The first-order valence-corrected chi connectivity index (χ1v) is 7.64. The van der Waals surface area contributed by atoms with Crippen LogP contribution in [0.2, 0.25) is 5.02 Å². The summed E-state index contributed by atoms with van der Waals surface area (Å²) in [4.78, 5) is 7.08. The molecule has 0 aliphatic rings. The summed E-state index contributed by atoms with van der Waals surface area (Å²) in [6.45, 7) is 9.06. The molecule has 0 spiro atoms. The highest BCUT2D eigenvalue weighted by molar-refractivity contribution is 6.31. The lowest BCUT2D eigenvalue weighted by Gasteiger charge is -2.19. The van der Waals surface area contributed by atoms with Crippen LogP contribution in [0, 0.1) is 0 Å². The number of nitrogens with zero attached hydrogens (tertiary/aromatic N) is 3. The van der Waals surface area contributed by atoms with Crippen molar-refractivity contribution in [1.29, 1.82) is 0 Å². The van der Waals surface area contributed by atoms with E-state index < -0.39 is 0 Å². The fourth-order valence-electron chi connectivity index (χ4n) is 2.50. The molecule has 0 saturated heterocycles. The lowest BCUT2D eigenvalue weighted by atomic mass is 10.3. The molecule has 0 bridgehead atoms. The molecule has 2 N–H and O–H groups in total. The maximum absolute atomic E-state index is 6.12. The number of likely N-dealkylation sites (N-methyl/N-ethyl adjacent to an activating group) is 1. The zero-order valence-corrected chi connectivity index (χ0v) is 13.0. The van der Waals surface area contributed by atoms with Crippen LogP contribution in [0.3, 0.4) is 0 Å². The van der Waals surface area contributed by atoms with Gasteiger partial charge in [-0.05, 0) is 37.8 Å². The van der Waals surface area contributed by atoms with Crippen LogP contribution in [-0.4, -0.2) is 40.6 Å².